The number of benzene rings is 2. The van der Waals surface area contributed by atoms with E-state index in [0.717, 1.165) is 11.1 Å². The zero-order valence-electron chi connectivity index (χ0n) is 20.5. The molecular formula is C27H24F2N2O7. The molecule has 0 spiro atoms. The molecule has 1 amide bonds. The summed E-state index contributed by atoms with van der Waals surface area (Å²) < 4.78 is 53.6. The summed E-state index contributed by atoms with van der Waals surface area (Å²) in [6.45, 7) is 1.53. The predicted molar refractivity (Wildman–Crippen MR) is 128 cm³/mol. The molecule has 3 aliphatic rings. The van der Waals surface area contributed by atoms with Crippen LogP contribution in [0.1, 0.15) is 47.9 Å². The van der Waals surface area contributed by atoms with Crippen LogP contribution in [0.4, 0.5) is 8.78 Å². The predicted octanol–water partition coefficient (Wildman–Crippen LogP) is 3.94. The highest BCUT2D eigenvalue weighted by Gasteiger charge is 2.49. The highest BCUT2D eigenvalue weighted by molar-refractivity contribution is 5.90. The number of halogens is 2. The first-order valence-corrected chi connectivity index (χ1v) is 12.0. The van der Waals surface area contributed by atoms with Gasteiger partial charge in [0.05, 0.1) is 25.5 Å². The Kier molecular flexibility index (Phi) is 5.56. The number of aliphatic hydroxyl groups excluding tert-OH is 1. The van der Waals surface area contributed by atoms with Gasteiger partial charge in [-0.3, -0.25) is 9.78 Å². The number of hydrogen-bond donors (Lipinski definition) is 2. The number of aromatic nitrogens is 1. The highest BCUT2D eigenvalue weighted by atomic mass is 19.3. The number of ether oxygens (including phenoxy) is 5. The van der Waals surface area contributed by atoms with Crippen LogP contribution in [-0.2, 0) is 16.8 Å². The molecule has 0 saturated carbocycles. The molecule has 4 heterocycles. The molecule has 0 bridgehead atoms. The van der Waals surface area contributed by atoms with E-state index in [4.69, 9.17) is 14.2 Å². The number of carbonyl (C=O) groups is 1. The minimum Gasteiger partial charge on any atom is -0.497 e. The summed E-state index contributed by atoms with van der Waals surface area (Å²) in [6, 6.07) is 11.2. The number of nitrogens with zero attached hydrogens (tertiary/aromatic N) is 1. The van der Waals surface area contributed by atoms with Crippen LogP contribution in [0.25, 0.3) is 0 Å². The molecule has 1 aromatic heterocycles. The van der Waals surface area contributed by atoms with E-state index in [9.17, 15) is 18.7 Å². The highest BCUT2D eigenvalue weighted by Crippen LogP contribution is 2.50. The van der Waals surface area contributed by atoms with Crippen molar-refractivity contribution >= 4 is 5.91 Å². The van der Waals surface area contributed by atoms with E-state index in [1.807, 2.05) is 12.1 Å². The van der Waals surface area contributed by atoms with Crippen LogP contribution >= 0.6 is 0 Å². The number of methoxy groups -OCH3 is 1. The molecule has 38 heavy (non-hydrogen) atoms. The van der Waals surface area contributed by atoms with Crippen molar-refractivity contribution in [3.8, 4) is 28.7 Å². The minimum absolute atomic E-state index is 0.0160. The number of amides is 1. The van der Waals surface area contributed by atoms with Crippen molar-refractivity contribution in [2.24, 2.45) is 0 Å². The van der Waals surface area contributed by atoms with Gasteiger partial charge in [-0.1, -0.05) is 6.07 Å². The molecule has 198 valence electrons. The van der Waals surface area contributed by atoms with E-state index in [1.54, 1.807) is 38.4 Å². The van der Waals surface area contributed by atoms with Crippen LogP contribution in [0, 0.1) is 0 Å². The molecule has 3 aromatic rings. The summed E-state index contributed by atoms with van der Waals surface area (Å²) in [5, 5.41) is 12.4. The molecule has 0 saturated heterocycles. The summed E-state index contributed by atoms with van der Waals surface area (Å²) in [7, 11) is 1.55. The summed E-state index contributed by atoms with van der Waals surface area (Å²) in [5.74, 6) is 0.794. The van der Waals surface area contributed by atoms with Gasteiger partial charge in [0.25, 0.3) is 0 Å². The van der Waals surface area contributed by atoms with E-state index in [0.29, 0.717) is 29.2 Å². The van der Waals surface area contributed by atoms with Crippen LogP contribution in [0.15, 0.2) is 48.7 Å². The smallest absolute Gasteiger partial charge is 0.497 e. The standard InChI is InChI=1S/C27H24F2N2O7/c1-26(13-35-22-10-24-23(8-18(22)26)37-27(28,29)38-24)25(33)31-19-9-20(14-3-4-15(12-32)30-11-14)36-21-7-16(34-2)5-6-17(19)21/h3-8,10-11,19-20,32H,9,12-13H2,1-2H3,(H,31,33)/t19-,20-,26+/m1/s1. The Hall–Kier alpha value is -4.12. The Morgan fingerprint density at radius 2 is 1.92 bits per heavy atom. The first-order chi connectivity index (χ1) is 18.2. The summed E-state index contributed by atoms with van der Waals surface area (Å²) in [5.41, 5.74) is 1.34. The second-order valence-corrected chi connectivity index (χ2v) is 9.60. The Morgan fingerprint density at radius 1 is 1.13 bits per heavy atom. The maximum Gasteiger partial charge on any atom is 0.586 e. The third-order valence-electron chi connectivity index (χ3n) is 7.12. The molecular weight excluding hydrogens is 502 g/mol. The minimum atomic E-state index is -3.78. The van der Waals surface area contributed by atoms with Gasteiger partial charge in [0.2, 0.25) is 5.91 Å². The van der Waals surface area contributed by atoms with Crippen LogP contribution in [0.2, 0.25) is 0 Å². The average molecular weight is 526 g/mol. The van der Waals surface area contributed by atoms with Gasteiger partial charge < -0.3 is 34.1 Å². The molecule has 3 atom stereocenters. The lowest BCUT2D eigenvalue weighted by Gasteiger charge is -2.35. The van der Waals surface area contributed by atoms with Crippen LogP contribution in [0.5, 0.6) is 28.7 Å². The van der Waals surface area contributed by atoms with Crippen molar-refractivity contribution in [3.63, 3.8) is 0 Å². The second kappa shape index (κ2) is 8.73. The molecule has 0 unspecified atom stereocenters. The van der Waals surface area contributed by atoms with Crippen LogP contribution < -0.4 is 29.0 Å². The second-order valence-electron chi connectivity index (χ2n) is 9.60. The van der Waals surface area contributed by atoms with Crippen molar-refractivity contribution in [3.05, 3.63) is 71.0 Å². The van der Waals surface area contributed by atoms with Gasteiger partial charge in [-0.2, -0.15) is 0 Å². The van der Waals surface area contributed by atoms with Crippen molar-refractivity contribution in [2.75, 3.05) is 13.7 Å². The molecule has 0 fully saturated rings. The number of aliphatic hydroxyl groups is 1. The topological polar surface area (TPSA) is 108 Å². The third-order valence-corrected chi connectivity index (χ3v) is 7.12. The number of carbonyl (C=O) groups excluding carboxylic acids is 1. The SMILES string of the molecule is COc1ccc2c(c1)O[C@@H](c1ccc(CO)nc1)C[C@H]2NC(=O)[C@@]1(C)COc2cc3c(cc21)OC(F)(F)O3. The van der Waals surface area contributed by atoms with Gasteiger partial charge >= 0.3 is 6.29 Å². The lowest BCUT2D eigenvalue weighted by Crippen LogP contribution is -2.46. The van der Waals surface area contributed by atoms with Crippen molar-refractivity contribution < 1.29 is 42.4 Å². The molecule has 0 radical (unpaired) electrons. The zero-order valence-corrected chi connectivity index (χ0v) is 20.5. The van der Waals surface area contributed by atoms with Crippen molar-refractivity contribution in [2.45, 2.75) is 43.8 Å². The summed E-state index contributed by atoms with van der Waals surface area (Å²) in [4.78, 5) is 18.0. The molecule has 9 nitrogen and oxygen atoms in total. The summed E-state index contributed by atoms with van der Waals surface area (Å²) >= 11 is 0. The number of alkyl halides is 2. The fourth-order valence-corrected chi connectivity index (χ4v) is 4.97. The van der Waals surface area contributed by atoms with Gasteiger partial charge in [0.15, 0.2) is 11.5 Å². The maximum atomic E-state index is 13.8. The van der Waals surface area contributed by atoms with Gasteiger partial charge in [-0.05, 0) is 31.2 Å². The number of rotatable bonds is 5. The van der Waals surface area contributed by atoms with Crippen molar-refractivity contribution in [1.29, 1.82) is 0 Å². The number of nitrogens with one attached hydrogen (secondary N) is 1. The molecule has 2 N–H and O–H groups in total. The van der Waals surface area contributed by atoms with Crippen LogP contribution in [-0.4, -0.2) is 36.0 Å². The lowest BCUT2D eigenvalue weighted by molar-refractivity contribution is -0.286. The quantitative estimate of drug-likeness (QED) is 0.515. The van der Waals surface area contributed by atoms with E-state index >= 15 is 0 Å². The lowest BCUT2D eigenvalue weighted by atomic mass is 9.82. The normalized spacial score (nSPS) is 24.0. The largest absolute Gasteiger partial charge is 0.586 e. The fourth-order valence-electron chi connectivity index (χ4n) is 4.97. The van der Waals surface area contributed by atoms with E-state index in [-0.39, 0.29) is 36.4 Å². The van der Waals surface area contributed by atoms with Gasteiger partial charge in [-0.25, -0.2) is 0 Å². The maximum absolute atomic E-state index is 13.8. The number of pyridine rings is 1. The summed E-state index contributed by atoms with van der Waals surface area (Å²) in [6.07, 6.45) is -2.16. The molecule has 0 aliphatic carbocycles. The Morgan fingerprint density at radius 3 is 2.63 bits per heavy atom. The van der Waals surface area contributed by atoms with Gasteiger partial charge in [-0.15, -0.1) is 8.78 Å². The fraction of sp³-hybridized carbons (Fsp3) is 0.333. The van der Waals surface area contributed by atoms with E-state index < -0.39 is 23.9 Å². The molecule has 6 rings (SSSR count). The number of hydrogen-bond acceptors (Lipinski definition) is 8. The molecule has 11 heteroatoms. The Bertz CT molecular complexity index is 1420. The first-order valence-electron chi connectivity index (χ1n) is 12.0. The van der Waals surface area contributed by atoms with Crippen molar-refractivity contribution in [1.82, 2.24) is 10.3 Å². The molecule has 2 aromatic carbocycles. The first kappa shape index (κ1) is 24.2. The Labute approximate surface area is 216 Å². The van der Waals surface area contributed by atoms with Gasteiger partial charge in [0, 0.05) is 41.4 Å². The van der Waals surface area contributed by atoms with E-state index in [1.165, 1.54) is 12.1 Å². The van der Waals surface area contributed by atoms with E-state index in [2.05, 4.69) is 19.8 Å². The molecule has 3 aliphatic heterocycles. The number of fused-ring (bicyclic) bond motifs is 3. The average Bonchev–Trinajstić information content (AvgIpc) is 3.41. The Balaban J connectivity index is 1.30. The zero-order chi connectivity index (χ0) is 26.7. The monoisotopic (exact) mass is 526 g/mol. The van der Waals surface area contributed by atoms with Crippen LogP contribution in [0.3, 0.4) is 0 Å². The third kappa shape index (κ3) is 4.03. The van der Waals surface area contributed by atoms with Gasteiger partial charge in [0.1, 0.15) is 35.4 Å².